The largest absolute Gasteiger partial charge is 0.477 e. The van der Waals surface area contributed by atoms with Crippen LogP contribution in [0.15, 0.2) is 36.7 Å². The third-order valence-electron chi connectivity index (χ3n) is 3.02. The number of fused-ring (bicyclic) bond motifs is 1. The van der Waals surface area contributed by atoms with Crippen LogP contribution in [0, 0.1) is 0 Å². The fourth-order valence-electron chi connectivity index (χ4n) is 2.18. The monoisotopic (exact) mass is 241 g/mol. The Hall–Kier alpha value is -2.56. The zero-order chi connectivity index (χ0) is 12.7. The van der Waals surface area contributed by atoms with Gasteiger partial charge in [0.1, 0.15) is 0 Å². The number of para-hydroxylation sites is 1. The van der Waals surface area contributed by atoms with E-state index in [1.807, 2.05) is 30.5 Å². The summed E-state index contributed by atoms with van der Waals surface area (Å²) in [4.78, 5) is 14.4. The van der Waals surface area contributed by atoms with Crippen LogP contribution in [0.3, 0.4) is 0 Å². The number of aromatic amines is 1. The molecule has 3 aromatic rings. The van der Waals surface area contributed by atoms with Crippen molar-refractivity contribution in [1.29, 1.82) is 0 Å². The lowest BCUT2D eigenvalue weighted by atomic mass is 10.1. The Labute approximate surface area is 103 Å². The second-order valence-corrected chi connectivity index (χ2v) is 4.08. The normalized spacial score (nSPS) is 10.9. The van der Waals surface area contributed by atoms with Gasteiger partial charge in [0.25, 0.3) is 0 Å². The molecule has 5 heteroatoms. The fourth-order valence-corrected chi connectivity index (χ4v) is 2.18. The molecule has 2 aromatic heterocycles. The zero-order valence-corrected chi connectivity index (χ0v) is 9.71. The average Bonchev–Trinajstić information content (AvgIpc) is 2.92. The summed E-state index contributed by atoms with van der Waals surface area (Å²) in [6, 6.07) is 7.77. The van der Waals surface area contributed by atoms with Gasteiger partial charge in [-0.05, 0) is 6.07 Å². The van der Waals surface area contributed by atoms with Crippen LogP contribution in [0.2, 0.25) is 0 Å². The first-order valence-electron chi connectivity index (χ1n) is 5.50. The second-order valence-electron chi connectivity index (χ2n) is 4.08. The van der Waals surface area contributed by atoms with E-state index in [-0.39, 0.29) is 5.69 Å². The number of hydrogen-bond acceptors (Lipinski definition) is 2. The van der Waals surface area contributed by atoms with E-state index in [4.69, 9.17) is 0 Å². The van der Waals surface area contributed by atoms with Gasteiger partial charge >= 0.3 is 5.97 Å². The molecule has 0 bridgehead atoms. The molecule has 0 aliphatic heterocycles. The van der Waals surface area contributed by atoms with E-state index in [2.05, 4.69) is 10.1 Å². The van der Waals surface area contributed by atoms with Gasteiger partial charge in [0, 0.05) is 35.3 Å². The standard InChI is InChI=1S/C13H11N3O2/c1-16-12(13(17)18)10(7-15-16)9-6-14-11-5-3-2-4-8(9)11/h2-7,14H,1H3,(H,17,18). The summed E-state index contributed by atoms with van der Waals surface area (Å²) < 4.78 is 1.37. The van der Waals surface area contributed by atoms with Gasteiger partial charge in [0.05, 0.1) is 6.20 Å². The highest BCUT2D eigenvalue weighted by Crippen LogP contribution is 2.30. The zero-order valence-electron chi connectivity index (χ0n) is 9.71. The van der Waals surface area contributed by atoms with E-state index < -0.39 is 5.97 Å². The van der Waals surface area contributed by atoms with Gasteiger partial charge in [-0.15, -0.1) is 0 Å². The number of carbonyl (C=O) groups is 1. The number of rotatable bonds is 2. The summed E-state index contributed by atoms with van der Waals surface area (Å²) >= 11 is 0. The number of H-pyrrole nitrogens is 1. The van der Waals surface area contributed by atoms with E-state index in [1.165, 1.54) is 4.68 Å². The molecular formula is C13H11N3O2. The maximum absolute atomic E-state index is 11.3. The Balaban J connectivity index is 2.30. The number of aromatic nitrogens is 3. The van der Waals surface area contributed by atoms with E-state index in [1.54, 1.807) is 13.2 Å². The Kier molecular flexibility index (Phi) is 2.19. The first kappa shape index (κ1) is 10.6. The lowest BCUT2D eigenvalue weighted by Crippen LogP contribution is -2.06. The molecule has 18 heavy (non-hydrogen) atoms. The molecule has 2 N–H and O–H groups in total. The van der Waals surface area contributed by atoms with Crippen LogP contribution in [0.5, 0.6) is 0 Å². The molecule has 90 valence electrons. The summed E-state index contributed by atoms with van der Waals surface area (Å²) in [5.41, 5.74) is 2.66. The number of nitrogens with zero attached hydrogens (tertiary/aromatic N) is 2. The fraction of sp³-hybridized carbons (Fsp3) is 0.0769. The predicted molar refractivity (Wildman–Crippen MR) is 67.5 cm³/mol. The van der Waals surface area contributed by atoms with Gasteiger partial charge < -0.3 is 10.1 Å². The Morgan fingerprint density at radius 2 is 2.11 bits per heavy atom. The van der Waals surface area contributed by atoms with Crippen molar-refractivity contribution < 1.29 is 9.90 Å². The third-order valence-corrected chi connectivity index (χ3v) is 3.02. The second kappa shape index (κ2) is 3.73. The maximum Gasteiger partial charge on any atom is 0.354 e. The van der Waals surface area contributed by atoms with Crippen molar-refractivity contribution >= 4 is 16.9 Å². The third kappa shape index (κ3) is 1.41. The molecule has 1 aromatic carbocycles. The van der Waals surface area contributed by atoms with Gasteiger partial charge in [-0.1, -0.05) is 18.2 Å². The number of nitrogens with one attached hydrogen (secondary N) is 1. The van der Waals surface area contributed by atoms with Crippen molar-refractivity contribution in [2.75, 3.05) is 0 Å². The number of hydrogen-bond donors (Lipinski definition) is 2. The van der Waals surface area contributed by atoms with Gasteiger partial charge in [-0.2, -0.15) is 5.10 Å². The summed E-state index contributed by atoms with van der Waals surface area (Å²) in [5.74, 6) is -0.977. The number of carboxylic acids is 1. The number of aromatic carboxylic acids is 1. The molecule has 0 fully saturated rings. The highest BCUT2D eigenvalue weighted by molar-refractivity contribution is 6.02. The van der Waals surface area contributed by atoms with Gasteiger partial charge in [-0.3, -0.25) is 4.68 Å². The minimum absolute atomic E-state index is 0.194. The SMILES string of the molecule is Cn1ncc(-c2c[nH]c3ccccc23)c1C(=O)O. The van der Waals surface area contributed by atoms with Gasteiger partial charge in [-0.25, -0.2) is 4.79 Å². The van der Waals surface area contributed by atoms with Crippen LogP contribution in [-0.4, -0.2) is 25.8 Å². The van der Waals surface area contributed by atoms with Crippen molar-refractivity contribution in [2.24, 2.45) is 7.05 Å². The maximum atomic E-state index is 11.3. The van der Waals surface area contributed by atoms with Crippen molar-refractivity contribution in [3.63, 3.8) is 0 Å². The highest BCUT2D eigenvalue weighted by atomic mass is 16.4. The molecule has 0 amide bonds. The van der Waals surface area contributed by atoms with Crippen LogP contribution >= 0.6 is 0 Å². The van der Waals surface area contributed by atoms with Crippen LogP contribution in [0.25, 0.3) is 22.0 Å². The van der Waals surface area contributed by atoms with Crippen molar-refractivity contribution in [3.05, 3.63) is 42.4 Å². The van der Waals surface area contributed by atoms with Gasteiger partial charge in [0.15, 0.2) is 5.69 Å². The Bertz CT molecular complexity index is 740. The first-order valence-corrected chi connectivity index (χ1v) is 5.50. The lowest BCUT2D eigenvalue weighted by molar-refractivity contribution is 0.0686. The van der Waals surface area contributed by atoms with E-state index in [9.17, 15) is 9.90 Å². The molecule has 0 unspecified atom stereocenters. The van der Waals surface area contributed by atoms with Crippen LogP contribution in [0.1, 0.15) is 10.5 Å². The molecule has 0 radical (unpaired) electrons. The summed E-state index contributed by atoms with van der Waals surface area (Å²) in [6.45, 7) is 0. The first-order chi connectivity index (χ1) is 8.68. The molecular weight excluding hydrogens is 230 g/mol. The van der Waals surface area contributed by atoms with E-state index >= 15 is 0 Å². The predicted octanol–water partition coefficient (Wildman–Crippen LogP) is 2.27. The van der Waals surface area contributed by atoms with E-state index in [0.29, 0.717) is 5.56 Å². The van der Waals surface area contributed by atoms with E-state index in [0.717, 1.165) is 16.5 Å². The number of aryl methyl sites for hydroxylation is 1. The minimum Gasteiger partial charge on any atom is -0.477 e. The van der Waals surface area contributed by atoms with Gasteiger partial charge in [0.2, 0.25) is 0 Å². The average molecular weight is 241 g/mol. The summed E-state index contributed by atoms with van der Waals surface area (Å²) in [7, 11) is 1.63. The molecule has 0 aliphatic rings. The molecule has 0 aliphatic carbocycles. The van der Waals surface area contributed by atoms with Crippen molar-refractivity contribution in [2.45, 2.75) is 0 Å². The lowest BCUT2D eigenvalue weighted by Gasteiger charge is -2.00. The molecule has 3 rings (SSSR count). The molecule has 5 nitrogen and oxygen atoms in total. The smallest absolute Gasteiger partial charge is 0.354 e. The molecule has 0 spiro atoms. The molecule has 0 saturated carbocycles. The topological polar surface area (TPSA) is 70.9 Å². The Morgan fingerprint density at radius 3 is 2.89 bits per heavy atom. The number of benzene rings is 1. The summed E-state index contributed by atoms with van der Waals surface area (Å²) in [6.07, 6.45) is 3.40. The molecule has 0 saturated heterocycles. The highest BCUT2D eigenvalue weighted by Gasteiger charge is 2.19. The quantitative estimate of drug-likeness (QED) is 0.723. The van der Waals surface area contributed by atoms with Crippen LogP contribution in [0.4, 0.5) is 0 Å². The van der Waals surface area contributed by atoms with Crippen molar-refractivity contribution in [3.8, 4) is 11.1 Å². The minimum atomic E-state index is -0.977. The van der Waals surface area contributed by atoms with Crippen LogP contribution < -0.4 is 0 Å². The molecule has 0 atom stereocenters. The van der Waals surface area contributed by atoms with Crippen molar-refractivity contribution in [1.82, 2.24) is 14.8 Å². The summed E-state index contributed by atoms with van der Waals surface area (Å²) in [5, 5.41) is 14.3. The number of carboxylic acid groups (broad SMARTS) is 1. The Morgan fingerprint density at radius 1 is 1.33 bits per heavy atom. The van der Waals surface area contributed by atoms with Crippen LogP contribution in [-0.2, 0) is 7.05 Å². The molecule has 2 heterocycles.